The summed E-state index contributed by atoms with van der Waals surface area (Å²) in [6, 6.07) is 12.8. The van der Waals surface area contributed by atoms with Crippen LogP contribution in [0.4, 0.5) is 0 Å². The van der Waals surface area contributed by atoms with E-state index >= 15 is 0 Å². The minimum atomic E-state index is -0.234. The Morgan fingerprint density at radius 1 is 1.10 bits per heavy atom. The van der Waals surface area contributed by atoms with Crippen LogP contribution in [-0.2, 0) is 11.9 Å². The van der Waals surface area contributed by atoms with E-state index in [9.17, 15) is 4.79 Å². The lowest BCUT2D eigenvalue weighted by Gasteiger charge is -2.08. The summed E-state index contributed by atoms with van der Waals surface area (Å²) >= 11 is 15.3. The van der Waals surface area contributed by atoms with E-state index in [-0.39, 0.29) is 5.91 Å². The highest BCUT2D eigenvalue weighted by molar-refractivity contribution is 9.08. The average Bonchev–Trinajstić information content (AvgIpc) is 2.47. The van der Waals surface area contributed by atoms with Crippen molar-refractivity contribution in [2.24, 2.45) is 0 Å². The van der Waals surface area contributed by atoms with E-state index in [0.717, 1.165) is 16.5 Å². The molecule has 0 radical (unpaired) electrons. The van der Waals surface area contributed by atoms with Gasteiger partial charge in [0.1, 0.15) is 0 Å². The third kappa shape index (κ3) is 3.98. The summed E-state index contributed by atoms with van der Waals surface area (Å²) in [7, 11) is 0. The van der Waals surface area contributed by atoms with Gasteiger partial charge in [-0.1, -0.05) is 63.4 Å². The van der Waals surface area contributed by atoms with Crippen molar-refractivity contribution in [3.63, 3.8) is 0 Å². The summed E-state index contributed by atoms with van der Waals surface area (Å²) in [5.41, 5.74) is 2.59. The molecule has 2 nitrogen and oxygen atoms in total. The maximum Gasteiger partial charge on any atom is 0.253 e. The minimum Gasteiger partial charge on any atom is -0.348 e. The third-order valence-corrected chi connectivity index (χ3v) is 3.98. The highest BCUT2D eigenvalue weighted by atomic mass is 79.9. The van der Waals surface area contributed by atoms with Crippen LogP contribution >= 0.6 is 39.1 Å². The number of hydrogen-bond donors (Lipinski definition) is 1. The molecule has 0 aliphatic carbocycles. The molecule has 20 heavy (non-hydrogen) atoms. The molecule has 0 aliphatic heterocycles. The van der Waals surface area contributed by atoms with Gasteiger partial charge in [-0.25, -0.2) is 0 Å². The van der Waals surface area contributed by atoms with Gasteiger partial charge in [-0.15, -0.1) is 0 Å². The number of carbonyl (C=O) groups is 1. The molecule has 1 amide bonds. The van der Waals surface area contributed by atoms with Crippen molar-refractivity contribution < 1.29 is 4.79 Å². The third-order valence-electron chi connectivity index (χ3n) is 2.77. The van der Waals surface area contributed by atoms with E-state index in [4.69, 9.17) is 23.2 Å². The molecular weight excluding hydrogens is 361 g/mol. The highest BCUT2D eigenvalue weighted by Crippen LogP contribution is 2.20. The van der Waals surface area contributed by atoms with Gasteiger partial charge in [-0.05, 0) is 29.3 Å². The molecule has 0 aromatic heterocycles. The van der Waals surface area contributed by atoms with Crippen LogP contribution in [0.2, 0.25) is 10.0 Å². The summed E-state index contributed by atoms with van der Waals surface area (Å²) in [4.78, 5) is 12.1. The molecule has 2 rings (SSSR count). The zero-order valence-corrected chi connectivity index (χ0v) is 13.6. The van der Waals surface area contributed by atoms with E-state index in [1.807, 2.05) is 24.3 Å². The number of halogens is 3. The molecular formula is C15H12BrCl2NO. The summed E-state index contributed by atoms with van der Waals surface area (Å²) in [5.74, 6) is -0.234. The van der Waals surface area contributed by atoms with Crippen molar-refractivity contribution in [2.75, 3.05) is 0 Å². The first kappa shape index (κ1) is 15.4. The van der Waals surface area contributed by atoms with Gasteiger partial charge in [0.25, 0.3) is 5.91 Å². The molecule has 5 heteroatoms. The van der Waals surface area contributed by atoms with Crippen LogP contribution in [0, 0.1) is 0 Å². The van der Waals surface area contributed by atoms with Crippen LogP contribution in [-0.4, -0.2) is 5.91 Å². The normalized spacial score (nSPS) is 10.3. The second kappa shape index (κ2) is 7.11. The zero-order chi connectivity index (χ0) is 14.5. The molecule has 0 atom stereocenters. The fraction of sp³-hybridized carbons (Fsp3) is 0.133. The molecule has 2 aromatic rings. The molecule has 0 aliphatic rings. The van der Waals surface area contributed by atoms with Gasteiger partial charge >= 0.3 is 0 Å². The van der Waals surface area contributed by atoms with E-state index in [0.29, 0.717) is 22.2 Å². The maximum atomic E-state index is 12.1. The Morgan fingerprint density at radius 3 is 2.60 bits per heavy atom. The molecule has 0 fully saturated rings. The second-order valence-corrected chi connectivity index (χ2v) is 5.66. The first-order valence-corrected chi connectivity index (χ1v) is 7.85. The Balaban J connectivity index is 2.06. The zero-order valence-electron chi connectivity index (χ0n) is 10.5. The first-order chi connectivity index (χ1) is 9.60. The van der Waals surface area contributed by atoms with Gasteiger partial charge in [0, 0.05) is 16.9 Å². The molecule has 0 heterocycles. The van der Waals surface area contributed by atoms with E-state index in [2.05, 4.69) is 21.2 Å². The fourth-order valence-corrected chi connectivity index (χ4v) is 2.50. The maximum absolute atomic E-state index is 12.1. The predicted molar refractivity (Wildman–Crippen MR) is 86.7 cm³/mol. The summed E-state index contributed by atoms with van der Waals surface area (Å²) in [5, 5.41) is 4.50. The Kier molecular flexibility index (Phi) is 5.46. The summed E-state index contributed by atoms with van der Waals surface area (Å²) in [6.07, 6.45) is 0. The van der Waals surface area contributed by atoms with Crippen LogP contribution in [0.5, 0.6) is 0 Å². The lowest BCUT2D eigenvalue weighted by atomic mass is 10.1. The standard InChI is InChI=1S/C15H12BrCl2NO/c16-8-10-2-1-3-11(6-10)9-19-15(20)13-7-12(17)4-5-14(13)18/h1-7H,8-9H2,(H,19,20). The van der Waals surface area contributed by atoms with Crippen molar-refractivity contribution in [1.82, 2.24) is 5.32 Å². The number of rotatable bonds is 4. The Morgan fingerprint density at radius 2 is 1.85 bits per heavy atom. The average molecular weight is 373 g/mol. The Hall–Kier alpha value is -1.03. The predicted octanol–water partition coefficient (Wildman–Crippen LogP) is 4.82. The van der Waals surface area contributed by atoms with Crippen LogP contribution in [0.25, 0.3) is 0 Å². The topological polar surface area (TPSA) is 29.1 Å². The number of alkyl halides is 1. The van der Waals surface area contributed by atoms with Crippen molar-refractivity contribution in [3.8, 4) is 0 Å². The quantitative estimate of drug-likeness (QED) is 0.766. The lowest BCUT2D eigenvalue weighted by molar-refractivity contribution is 0.0951. The van der Waals surface area contributed by atoms with Crippen LogP contribution in [0.15, 0.2) is 42.5 Å². The number of hydrogen-bond acceptors (Lipinski definition) is 1. The molecule has 0 spiro atoms. The van der Waals surface area contributed by atoms with Crippen molar-refractivity contribution in [1.29, 1.82) is 0 Å². The molecule has 0 saturated carbocycles. The number of carbonyl (C=O) groups excluding carboxylic acids is 1. The number of nitrogens with one attached hydrogen (secondary N) is 1. The van der Waals surface area contributed by atoms with Gasteiger partial charge in [0.2, 0.25) is 0 Å². The largest absolute Gasteiger partial charge is 0.348 e. The molecule has 0 saturated heterocycles. The molecule has 0 bridgehead atoms. The van der Waals surface area contributed by atoms with E-state index in [1.165, 1.54) is 0 Å². The molecule has 0 unspecified atom stereocenters. The minimum absolute atomic E-state index is 0.234. The molecule has 1 N–H and O–H groups in total. The van der Waals surface area contributed by atoms with Gasteiger partial charge in [0.05, 0.1) is 10.6 Å². The number of benzene rings is 2. The van der Waals surface area contributed by atoms with Crippen LogP contribution in [0.1, 0.15) is 21.5 Å². The summed E-state index contributed by atoms with van der Waals surface area (Å²) in [6.45, 7) is 0.447. The van der Waals surface area contributed by atoms with Crippen molar-refractivity contribution >= 4 is 45.0 Å². The Bertz CT molecular complexity index is 631. The van der Waals surface area contributed by atoms with E-state index < -0.39 is 0 Å². The fourth-order valence-electron chi connectivity index (χ4n) is 1.77. The van der Waals surface area contributed by atoms with Gasteiger partial charge < -0.3 is 5.32 Å². The SMILES string of the molecule is O=C(NCc1cccc(CBr)c1)c1cc(Cl)ccc1Cl. The van der Waals surface area contributed by atoms with Gasteiger partial charge in [-0.2, -0.15) is 0 Å². The van der Waals surface area contributed by atoms with Crippen molar-refractivity contribution in [3.05, 3.63) is 69.2 Å². The van der Waals surface area contributed by atoms with Crippen LogP contribution in [0.3, 0.4) is 0 Å². The Labute approximate surface area is 136 Å². The van der Waals surface area contributed by atoms with Gasteiger partial charge in [-0.3, -0.25) is 4.79 Å². The summed E-state index contributed by atoms with van der Waals surface area (Å²) < 4.78 is 0. The van der Waals surface area contributed by atoms with Gasteiger partial charge in [0.15, 0.2) is 0 Å². The molecule has 2 aromatic carbocycles. The lowest BCUT2D eigenvalue weighted by Crippen LogP contribution is -2.23. The van der Waals surface area contributed by atoms with E-state index in [1.54, 1.807) is 18.2 Å². The number of amides is 1. The highest BCUT2D eigenvalue weighted by Gasteiger charge is 2.10. The monoisotopic (exact) mass is 371 g/mol. The first-order valence-electron chi connectivity index (χ1n) is 5.97. The smallest absolute Gasteiger partial charge is 0.253 e. The van der Waals surface area contributed by atoms with Crippen LogP contribution < -0.4 is 5.32 Å². The molecule has 104 valence electrons. The second-order valence-electron chi connectivity index (χ2n) is 4.26. The van der Waals surface area contributed by atoms with Crippen molar-refractivity contribution in [2.45, 2.75) is 11.9 Å².